The van der Waals surface area contributed by atoms with Gasteiger partial charge in [-0.3, -0.25) is 14.6 Å². The Morgan fingerprint density at radius 3 is 2.64 bits per heavy atom. The maximum absolute atomic E-state index is 13.0. The van der Waals surface area contributed by atoms with Crippen LogP contribution in [0.2, 0.25) is 0 Å². The van der Waals surface area contributed by atoms with Crippen LogP contribution in [0.1, 0.15) is 23.2 Å². The highest BCUT2D eigenvalue weighted by Gasteiger charge is 2.41. The van der Waals surface area contributed by atoms with Gasteiger partial charge in [-0.05, 0) is 25.0 Å². The van der Waals surface area contributed by atoms with Crippen molar-refractivity contribution >= 4 is 11.8 Å². The number of rotatable bonds is 5. The third-order valence-electron chi connectivity index (χ3n) is 5.45. The minimum atomic E-state index is -0.142. The average Bonchev–Trinajstić information content (AvgIpc) is 3.04. The lowest BCUT2D eigenvalue weighted by molar-refractivity contribution is -0.140. The summed E-state index contributed by atoms with van der Waals surface area (Å²) in [5.41, 5.74) is 1.29. The summed E-state index contributed by atoms with van der Waals surface area (Å²) in [7, 11) is 1.63. The molecule has 0 spiro atoms. The zero-order valence-corrected chi connectivity index (χ0v) is 15.8. The van der Waals surface area contributed by atoms with Gasteiger partial charge in [0.05, 0.1) is 18.1 Å². The van der Waals surface area contributed by atoms with Gasteiger partial charge >= 0.3 is 0 Å². The topological polar surface area (TPSA) is 88.5 Å². The zero-order valence-electron chi connectivity index (χ0n) is 15.8. The van der Waals surface area contributed by atoms with Crippen LogP contribution >= 0.6 is 0 Å². The fraction of sp³-hybridized carbons (Fsp3) is 0.450. The smallest absolute Gasteiger partial charge is 0.257 e. The molecule has 0 unspecified atom stereocenters. The van der Waals surface area contributed by atoms with Crippen molar-refractivity contribution in [3.05, 3.63) is 42.5 Å². The van der Waals surface area contributed by atoms with E-state index in [1.807, 2.05) is 17.0 Å². The molecule has 3 aliphatic heterocycles. The molecule has 3 aliphatic rings. The Balaban J connectivity index is 1.50. The normalized spacial score (nSPS) is 21.7. The van der Waals surface area contributed by atoms with Crippen LogP contribution in [0.15, 0.2) is 36.9 Å². The Labute approximate surface area is 163 Å². The molecule has 0 aromatic carbocycles. The summed E-state index contributed by atoms with van der Waals surface area (Å²) in [6.45, 7) is 2.07. The molecule has 5 rings (SSSR count). The van der Waals surface area contributed by atoms with E-state index in [4.69, 9.17) is 4.74 Å². The minimum absolute atomic E-state index is 0.0439. The lowest BCUT2D eigenvalue weighted by Gasteiger charge is -2.35. The molecule has 146 valence electrons. The Morgan fingerprint density at radius 1 is 1.18 bits per heavy atom. The summed E-state index contributed by atoms with van der Waals surface area (Å²) < 4.78 is 5.14. The van der Waals surface area contributed by atoms with Crippen molar-refractivity contribution in [2.45, 2.75) is 18.9 Å². The number of fused-ring (bicyclic) bond motifs is 4. The van der Waals surface area contributed by atoms with Crippen molar-refractivity contribution in [3.8, 4) is 11.4 Å². The molecule has 2 aromatic heterocycles. The largest absolute Gasteiger partial charge is 0.383 e. The van der Waals surface area contributed by atoms with Crippen LogP contribution < -0.4 is 0 Å². The van der Waals surface area contributed by atoms with Crippen molar-refractivity contribution in [2.24, 2.45) is 5.92 Å². The lowest BCUT2D eigenvalue weighted by Crippen LogP contribution is -2.49. The highest BCUT2D eigenvalue weighted by atomic mass is 16.5. The lowest BCUT2D eigenvalue weighted by atomic mass is 9.94. The van der Waals surface area contributed by atoms with Gasteiger partial charge in [0.15, 0.2) is 5.82 Å². The SMILES string of the molecule is COCCN1C(=O)[C@H]2CC[C@@H]1CN(C(=O)c1cnc(-c3ccncc3)nc1)C2. The van der Waals surface area contributed by atoms with Gasteiger partial charge in [-0.15, -0.1) is 0 Å². The van der Waals surface area contributed by atoms with Gasteiger partial charge < -0.3 is 14.5 Å². The molecule has 0 N–H and O–H groups in total. The fourth-order valence-corrected chi connectivity index (χ4v) is 3.96. The molecule has 3 saturated heterocycles. The van der Waals surface area contributed by atoms with Crippen molar-refractivity contribution in [1.82, 2.24) is 24.8 Å². The standard InChI is InChI=1S/C20H23N5O3/c1-28-9-8-25-17-3-2-15(20(25)27)12-24(13-17)19(26)16-10-22-18(23-11-16)14-4-6-21-7-5-14/h4-7,10-11,15,17H,2-3,8-9,12-13H2,1H3/t15-,17+/m0/s1. The summed E-state index contributed by atoms with van der Waals surface area (Å²) in [5.74, 6) is 0.417. The van der Waals surface area contributed by atoms with E-state index in [-0.39, 0.29) is 23.8 Å². The second kappa shape index (κ2) is 8.02. The molecule has 5 heterocycles. The number of hydrogen-bond acceptors (Lipinski definition) is 6. The van der Waals surface area contributed by atoms with Crippen molar-refractivity contribution < 1.29 is 14.3 Å². The van der Waals surface area contributed by atoms with E-state index >= 15 is 0 Å². The molecule has 2 aromatic rings. The number of aromatic nitrogens is 3. The maximum Gasteiger partial charge on any atom is 0.257 e. The van der Waals surface area contributed by atoms with Crippen molar-refractivity contribution in [1.29, 1.82) is 0 Å². The summed E-state index contributed by atoms with van der Waals surface area (Å²) in [6.07, 6.45) is 8.22. The first-order chi connectivity index (χ1) is 13.7. The van der Waals surface area contributed by atoms with E-state index in [0.29, 0.717) is 37.6 Å². The predicted molar refractivity (Wildman–Crippen MR) is 101 cm³/mol. The van der Waals surface area contributed by atoms with E-state index < -0.39 is 0 Å². The van der Waals surface area contributed by atoms with Crippen molar-refractivity contribution in [3.63, 3.8) is 0 Å². The monoisotopic (exact) mass is 381 g/mol. The number of hydrogen-bond donors (Lipinski definition) is 0. The summed E-state index contributed by atoms with van der Waals surface area (Å²) in [5, 5.41) is 0. The van der Waals surface area contributed by atoms with E-state index in [2.05, 4.69) is 15.0 Å². The van der Waals surface area contributed by atoms with Gasteiger partial charge in [-0.25, -0.2) is 9.97 Å². The number of pyridine rings is 1. The first kappa shape index (κ1) is 18.5. The number of amides is 2. The summed E-state index contributed by atoms with van der Waals surface area (Å²) >= 11 is 0. The van der Waals surface area contributed by atoms with Crippen LogP contribution in [0.3, 0.4) is 0 Å². The van der Waals surface area contributed by atoms with Crippen LogP contribution in [-0.2, 0) is 9.53 Å². The summed E-state index contributed by atoms with van der Waals surface area (Å²) in [6, 6.07) is 3.69. The van der Waals surface area contributed by atoms with E-state index in [1.165, 1.54) is 0 Å². The number of carbonyl (C=O) groups is 2. The van der Waals surface area contributed by atoms with Gasteiger partial charge in [-0.2, -0.15) is 0 Å². The second-order valence-electron chi connectivity index (χ2n) is 7.19. The van der Waals surface area contributed by atoms with Gasteiger partial charge in [0.2, 0.25) is 5.91 Å². The van der Waals surface area contributed by atoms with Crippen molar-refractivity contribution in [2.75, 3.05) is 33.4 Å². The van der Waals surface area contributed by atoms with E-state index in [9.17, 15) is 9.59 Å². The molecule has 0 aliphatic carbocycles. The Kier molecular flexibility index (Phi) is 5.29. The fourth-order valence-electron chi connectivity index (χ4n) is 3.96. The molecule has 2 amide bonds. The van der Waals surface area contributed by atoms with Gasteiger partial charge in [0.25, 0.3) is 5.91 Å². The van der Waals surface area contributed by atoms with Gasteiger partial charge in [-0.1, -0.05) is 0 Å². The third kappa shape index (κ3) is 3.60. The molecule has 2 bridgehead atoms. The molecule has 0 radical (unpaired) electrons. The molecule has 2 atom stereocenters. The van der Waals surface area contributed by atoms with E-state index in [1.54, 1.807) is 36.8 Å². The number of carbonyl (C=O) groups excluding carboxylic acids is 2. The Bertz CT molecular complexity index is 843. The highest BCUT2D eigenvalue weighted by Crippen LogP contribution is 2.29. The molecule has 8 nitrogen and oxygen atoms in total. The molecule has 3 fully saturated rings. The second-order valence-corrected chi connectivity index (χ2v) is 7.19. The molecule has 28 heavy (non-hydrogen) atoms. The minimum Gasteiger partial charge on any atom is -0.383 e. The zero-order chi connectivity index (χ0) is 19.5. The number of ether oxygens (including phenoxy) is 1. The van der Waals surface area contributed by atoms with Crippen LogP contribution in [0.4, 0.5) is 0 Å². The first-order valence-corrected chi connectivity index (χ1v) is 9.48. The van der Waals surface area contributed by atoms with Gasteiger partial charge in [0, 0.05) is 63.1 Å². The Morgan fingerprint density at radius 2 is 1.93 bits per heavy atom. The molecule has 8 heteroatoms. The molecular formula is C20H23N5O3. The maximum atomic E-state index is 13.0. The van der Waals surface area contributed by atoms with Crippen LogP contribution in [0, 0.1) is 5.92 Å². The Hall–Kier alpha value is -2.87. The number of nitrogens with zero attached hydrogens (tertiary/aromatic N) is 5. The van der Waals surface area contributed by atoms with Crippen LogP contribution in [0.25, 0.3) is 11.4 Å². The third-order valence-corrected chi connectivity index (χ3v) is 5.45. The molecule has 0 saturated carbocycles. The highest BCUT2D eigenvalue weighted by molar-refractivity contribution is 5.94. The predicted octanol–water partition coefficient (Wildman–Crippen LogP) is 1.25. The van der Waals surface area contributed by atoms with Crippen LogP contribution in [0.5, 0.6) is 0 Å². The number of methoxy groups -OCH3 is 1. The van der Waals surface area contributed by atoms with E-state index in [0.717, 1.165) is 18.4 Å². The quantitative estimate of drug-likeness (QED) is 0.774. The average molecular weight is 381 g/mol. The first-order valence-electron chi connectivity index (χ1n) is 9.48. The molecular weight excluding hydrogens is 358 g/mol. The summed E-state index contributed by atoms with van der Waals surface area (Å²) in [4.78, 5) is 42.1. The van der Waals surface area contributed by atoms with Gasteiger partial charge in [0.1, 0.15) is 0 Å². The number of piperidine rings is 1. The van der Waals surface area contributed by atoms with Crippen LogP contribution in [-0.4, -0.2) is 76.0 Å².